The van der Waals surface area contributed by atoms with Gasteiger partial charge in [-0.1, -0.05) is 24.3 Å². The zero-order chi connectivity index (χ0) is 22.8. The smallest absolute Gasteiger partial charge is 0.334 e. The Balaban J connectivity index is 1.55. The molecule has 3 heterocycles. The molecule has 0 bridgehead atoms. The average molecular weight is 442 g/mol. The van der Waals surface area contributed by atoms with Gasteiger partial charge in [-0.05, 0) is 61.9 Å². The van der Waals surface area contributed by atoms with Gasteiger partial charge in [0.2, 0.25) is 0 Å². The fraction of sp³-hybridized carbons (Fsp3) is 0.231. The summed E-state index contributed by atoms with van der Waals surface area (Å²) in [4.78, 5) is 20.4. The molecule has 0 spiro atoms. The average Bonchev–Trinajstić information content (AvgIpc) is 3.14. The molecule has 2 N–H and O–H groups in total. The lowest BCUT2D eigenvalue weighted by atomic mass is 10.1. The van der Waals surface area contributed by atoms with E-state index in [1.54, 1.807) is 10.8 Å². The van der Waals surface area contributed by atoms with Crippen LogP contribution in [0.25, 0.3) is 16.7 Å². The summed E-state index contributed by atoms with van der Waals surface area (Å²) < 4.78 is 9.45. The summed E-state index contributed by atoms with van der Waals surface area (Å²) >= 11 is 0. The Morgan fingerprint density at radius 2 is 1.85 bits per heavy atom. The number of benzene rings is 2. The van der Waals surface area contributed by atoms with Gasteiger partial charge in [0.25, 0.3) is 0 Å². The van der Waals surface area contributed by atoms with E-state index in [4.69, 9.17) is 10.5 Å². The second-order valence-electron chi connectivity index (χ2n) is 8.31. The highest BCUT2D eigenvalue weighted by Gasteiger charge is 2.27. The van der Waals surface area contributed by atoms with Gasteiger partial charge in [0.1, 0.15) is 22.8 Å². The van der Waals surface area contributed by atoms with Crippen LogP contribution in [-0.4, -0.2) is 38.7 Å². The van der Waals surface area contributed by atoms with E-state index in [2.05, 4.69) is 16.5 Å². The van der Waals surface area contributed by atoms with Gasteiger partial charge in [0.15, 0.2) is 0 Å². The summed E-state index contributed by atoms with van der Waals surface area (Å²) in [5.74, 6) is 1.79. The first kappa shape index (κ1) is 21.0. The number of imidazole rings is 1. The number of hydrogen-bond acceptors (Lipinski definition) is 5. The molecule has 2 aromatic heterocycles. The third kappa shape index (κ3) is 4.03. The zero-order valence-electron chi connectivity index (χ0n) is 18.4. The Bertz CT molecular complexity index is 1320. The van der Waals surface area contributed by atoms with Crippen molar-refractivity contribution in [2.24, 2.45) is 0 Å². The predicted molar refractivity (Wildman–Crippen MR) is 131 cm³/mol. The SMILES string of the molecule is C=CCN1CCC[C@@H](n2c(=O)n(-c3ccc(Oc4ccccc4)cc3)c3c(N)nccc32)C1. The van der Waals surface area contributed by atoms with Gasteiger partial charge in [-0.15, -0.1) is 6.58 Å². The van der Waals surface area contributed by atoms with Crippen LogP contribution in [0.5, 0.6) is 11.5 Å². The van der Waals surface area contributed by atoms with Crippen molar-refractivity contribution in [1.29, 1.82) is 0 Å². The third-order valence-electron chi connectivity index (χ3n) is 6.12. The van der Waals surface area contributed by atoms with E-state index in [0.717, 1.165) is 49.4 Å². The van der Waals surface area contributed by atoms with Crippen LogP contribution in [0.2, 0.25) is 0 Å². The standard InChI is InChI=1S/C26H27N5O2/c1-2-16-29-17-6-7-20(18-29)30-23-14-15-28-25(27)24(23)31(26(30)32)19-10-12-22(13-11-19)33-21-8-4-3-5-9-21/h2-5,8-15,20H,1,6-7,16-18H2,(H2,27,28)/t20-/m1/s1. The number of aromatic nitrogens is 3. The summed E-state index contributed by atoms with van der Waals surface area (Å²) in [6, 6.07) is 19.0. The highest BCUT2D eigenvalue weighted by Crippen LogP contribution is 2.29. The molecule has 1 fully saturated rings. The van der Waals surface area contributed by atoms with Crippen molar-refractivity contribution in [1.82, 2.24) is 19.0 Å². The molecule has 0 saturated carbocycles. The van der Waals surface area contributed by atoms with Gasteiger partial charge < -0.3 is 10.5 Å². The molecule has 1 aliphatic rings. The maximum Gasteiger partial charge on any atom is 0.334 e. The normalized spacial score (nSPS) is 16.7. The molecule has 5 rings (SSSR count). The summed E-state index contributed by atoms with van der Waals surface area (Å²) in [6.45, 7) is 6.49. The van der Waals surface area contributed by atoms with Crippen LogP contribution in [0.3, 0.4) is 0 Å². The Labute approximate surface area is 192 Å². The number of nitrogen functional groups attached to an aromatic ring is 1. The van der Waals surface area contributed by atoms with Crippen LogP contribution >= 0.6 is 0 Å². The number of ether oxygens (including phenoxy) is 1. The Hall–Kier alpha value is -3.84. The third-order valence-corrected chi connectivity index (χ3v) is 6.12. The van der Waals surface area contributed by atoms with Gasteiger partial charge in [-0.3, -0.25) is 14.0 Å². The van der Waals surface area contributed by atoms with Crippen molar-refractivity contribution < 1.29 is 4.74 Å². The first-order valence-corrected chi connectivity index (χ1v) is 11.2. The molecule has 33 heavy (non-hydrogen) atoms. The van der Waals surface area contributed by atoms with Crippen LogP contribution in [0.4, 0.5) is 5.82 Å². The quantitative estimate of drug-likeness (QED) is 0.449. The molecular formula is C26H27N5O2. The number of anilines is 1. The minimum absolute atomic E-state index is 0.0671. The lowest BCUT2D eigenvalue weighted by Gasteiger charge is -2.32. The molecule has 1 aliphatic heterocycles. The summed E-state index contributed by atoms with van der Waals surface area (Å²) in [7, 11) is 0. The number of likely N-dealkylation sites (tertiary alicyclic amines) is 1. The summed E-state index contributed by atoms with van der Waals surface area (Å²) in [5.41, 5.74) is 8.35. The first-order chi connectivity index (χ1) is 16.2. The van der Waals surface area contributed by atoms with Gasteiger partial charge in [0, 0.05) is 19.3 Å². The maximum atomic E-state index is 13.8. The molecule has 1 atom stereocenters. The molecule has 0 amide bonds. The molecule has 0 aliphatic carbocycles. The van der Waals surface area contributed by atoms with E-state index in [0.29, 0.717) is 17.1 Å². The summed E-state index contributed by atoms with van der Waals surface area (Å²) in [5, 5.41) is 0. The minimum Gasteiger partial charge on any atom is -0.457 e. The molecule has 4 aromatic rings. The first-order valence-electron chi connectivity index (χ1n) is 11.2. The van der Waals surface area contributed by atoms with Crippen molar-refractivity contribution in [2.45, 2.75) is 18.9 Å². The van der Waals surface area contributed by atoms with Crippen LogP contribution in [0.1, 0.15) is 18.9 Å². The number of pyridine rings is 1. The Morgan fingerprint density at radius 3 is 2.61 bits per heavy atom. The Kier molecular flexibility index (Phi) is 5.71. The minimum atomic E-state index is -0.105. The number of para-hydroxylation sites is 1. The number of nitrogens with two attached hydrogens (primary N) is 1. The molecule has 0 unspecified atom stereocenters. The van der Waals surface area contributed by atoms with Crippen LogP contribution in [0.15, 0.2) is 84.3 Å². The molecule has 7 nitrogen and oxygen atoms in total. The van der Waals surface area contributed by atoms with E-state index < -0.39 is 0 Å². The van der Waals surface area contributed by atoms with Crippen LogP contribution in [-0.2, 0) is 0 Å². The van der Waals surface area contributed by atoms with Gasteiger partial charge in [-0.2, -0.15) is 0 Å². The highest BCUT2D eigenvalue weighted by molar-refractivity contribution is 5.87. The van der Waals surface area contributed by atoms with Crippen molar-refractivity contribution >= 4 is 16.9 Å². The molecule has 2 aromatic carbocycles. The van der Waals surface area contributed by atoms with E-state index in [1.807, 2.05) is 71.3 Å². The van der Waals surface area contributed by atoms with Gasteiger partial charge in [0.05, 0.1) is 17.2 Å². The number of rotatable bonds is 6. The van der Waals surface area contributed by atoms with Crippen molar-refractivity contribution in [2.75, 3.05) is 25.4 Å². The van der Waals surface area contributed by atoms with Gasteiger partial charge in [-0.25, -0.2) is 9.78 Å². The lowest BCUT2D eigenvalue weighted by Crippen LogP contribution is -2.39. The molecule has 7 heteroatoms. The Morgan fingerprint density at radius 1 is 1.09 bits per heavy atom. The summed E-state index contributed by atoms with van der Waals surface area (Å²) in [6.07, 6.45) is 5.55. The second kappa shape index (κ2) is 8.96. The number of piperidine rings is 1. The molecular weight excluding hydrogens is 414 g/mol. The fourth-order valence-corrected chi connectivity index (χ4v) is 4.66. The molecule has 168 valence electrons. The highest BCUT2D eigenvalue weighted by atomic mass is 16.5. The monoisotopic (exact) mass is 441 g/mol. The maximum absolute atomic E-state index is 13.8. The van der Waals surface area contributed by atoms with E-state index in [1.165, 1.54) is 0 Å². The van der Waals surface area contributed by atoms with Crippen molar-refractivity contribution in [3.8, 4) is 17.2 Å². The number of fused-ring (bicyclic) bond motifs is 1. The van der Waals surface area contributed by atoms with Crippen molar-refractivity contribution in [3.05, 3.63) is 90.0 Å². The largest absolute Gasteiger partial charge is 0.457 e. The topological polar surface area (TPSA) is 78.3 Å². The zero-order valence-corrected chi connectivity index (χ0v) is 18.4. The van der Waals surface area contributed by atoms with Crippen LogP contribution < -0.4 is 16.2 Å². The predicted octanol–water partition coefficient (Wildman–Crippen LogP) is 4.38. The van der Waals surface area contributed by atoms with Crippen LogP contribution in [0, 0.1) is 0 Å². The van der Waals surface area contributed by atoms with E-state index >= 15 is 0 Å². The van der Waals surface area contributed by atoms with E-state index in [9.17, 15) is 4.79 Å². The van der Waals surface area contributed by atoms with Gasteiger partial charge >= 0.3 is 5.69 Å². The van der Waals surface area contributed by atoms with Crippen molar-refractivity contribution in [3.63, 3.8) is 0 Å². The lowest BCUT2D eigenvalue weighted by molar-refractivity contribution is 0.193. The molecule has 0 radical (unpaired) electrons. The second-order valence-corrected chi connectivity index (χ2v) is 8.31. The number of nitrogens with zero attached hydrogens (tertiary/aromatic N) is 4. The fourth-order valence-electron chi connectivity index (χ4n) is 4.66. The molecule has 1 saturated heterocycles. The number of hydrogen-bond donors (Lipinski definition) is 1. The van der Waals surface area contributed by atoms with E-state index in [-0.39, 0.29) is 11.7 Å².